The highest BCUT2D eigenvalue weighted by Gasteiger charge is 2.50. The van der Waals surface area contributed by atoms with E-state index in [1.165, 1.54) is 4.31 Å². The lowest BCUT2D eigenvalue weighted by molar-refractivity contribution is -0.313. The minimum Gasteiger partial charge on any atom is -0.550 e. The van der Waals surface area contributed by atoms with E-state index in [4.69, 9.17) is 0 Å². The van der Waals surface area contributed by atoms with Gasteiger partial charge in [-0.15, -0.1) is 0 Å². The zero-order valence-electron chi connectivity index (χ0n) is 16.6. The summed E-state index contributed by atoms with van der Waals surface area (Å²) in [6.45, 7) is 4.74. The van der Waals surface area contributed by atoms with Crippen LogP contribution in [0.4, 0.5) is 0 Å². The summed E-state index contributed by atoms with van der Waals surface area (Å²) in [5.41, 5.74) is 1.94. The molecular formula is C21H25N2O5S-. The number of piperazine rings is 1. The molecule has 1 aromatic carbocycles. The molecule has 7 nitrogen and oxygen atoms in total. The molecule has 3 aliphatic rings. The van der Waals surface area contributed by atoms with Crippen LogP contribution in [-0.4, -0.2) is 55.7 Å². The average Bonchev–Trinajstić information content (AvgIpc) is 3.31. The van der Waals surface area contributed by atoms with Gasteiger partial charge in [0.05, 0.1) is 10.8 Å². The Hall–Kier alpha value is -2.19. The first-order valence-electron chi connectivity index (χ1n) is 9.95. The van der Waals surface area contributed by atoms with Crippen molar-refractivity contribution in [3.05, 3.63) is 41.5 Å². The summed E-state index contributed by atoms with van der Waals surface area (Å²) in [6.07, 6.45) is 4.49. The molecule has 29 heavy (non-hydrogen) atoms. The van der Waals surface area contributed by atoms with Crippen molar-refractivity contribution in [1.29, 1.82) is 0 Å². The number of carbonyl (C=O) groups excluding carboxylic acids is 2. The fourth-order valence-corrected chi connectivity index (χ4v) is 6.37. The summed E-state index contributed by atoms with van der Waals surface area (Å²) in [6, 6.07) is 5.08. The number of fused-ring (bicyclic) bond motifs is 2. The van der Waals surface area contributed by atoms with Gasteiger partial charge in [0.1, 0.15) is 0 Å². The predicted octanol–water partition coefficient (Wildman–Crippen LogP) is 0.325. The Morgan fingerprint density at radius 1 is 0.966 bits per heavy atom. The van der Waals surface area contributed by atoms with Crippen molar-refractivity contribution < 1.29 is 23.1 Å². The standard InChI is InChI=1S/C21H26N2O5S/c1-13-3-6-17(11-14(13)2)29(27,28)23-9-7-22(8-10-23)20(24)18-15-4-5-16(12-15)19(18)21(25)26/h3-6,11,15-16,18-19H,7-10,12H2,1-2H3,(H,25,26)/p-1/t15-,16+,18+,19+/m1/s1. The van der Waals surface area contributed by atoms with Gasteiger partial charge in [-0.3, -0.25) is 4.79 Å². The summed E-state index contributed by atoms with van der Waals surface area (Å²) >= 11 is 0. The molecule has 2 fully saturated rings. The quantitative estimate of drug-likeness (QED) is 0.658. The second-order valence-electron chi connectivity index (χ2n) is 8.29. The minimum atomic E-state index is -3.62. The molecule has 0 aromatic heterocycles. The van der Waals surface area contributed by atoms with E-state index in [9.17, 15) is 23.1 Å². The minimum absolute atomic E-state index is 0.0623. The zero-order chi connectivity index (χ0) is 20.9. The number of aryl methyl sites for hydroxylation is 2. The van der Waals surface area contributed by atoms with Gasteiger partial charge < -0.3 is 14.8 Å². The highest BCUT2D eigenvalue weighted by atomic mass is 32.2. The van der Waals surface area contributed by atoms with E-state index in [1.54, 1.807) is 23.1 Å². The second-order valence-corrected chi connectivity index (χ2v) is 10.2. The number of carboxylic acids is 1. The Morgan fingerprint density at radius 2 is 1.59 bits per heavy atom. The molecule has 4 atom stereocenters. The fourth-order valence-electron chi connectivity index (χ4n) is 4.86. The number of hydrogen-bond acceptors (Lipinski definition) is 5. The molecule has 0 N–H and O–H groups in total. The molecule has 1 heterocycles. The lowest BCUT2D eigenvalue weighted by Crippen LogP contribution is -2.54. The monoisotopic (exact) mass is 417 g/mol. The number of aliphatic carboxylic acids is 1. The third kappa shape index (κ3) is 3.38. The summed E-state index contributed by atoms with van der Waals surface area (Å²) < 4.78 is 27.3. The molecular weight excluding hydrogens is 392 g/mol. The molecule has 0 spiro atoms. The van der Waals surface area contributed by atoms with Crippen LogP contribution in [0.15, 0.2) is 35.2 Å². The Bertz CT molecular complexity index is 979. The molecule has 0 unspecified atom stereocenters. The molecule has 1 saturated carbocycles. The van der Waals surface area contributed by atoms with E-state index < -0.39 is 27.8 Å². The number of carboxylic acid groups (broad SMARTS) is 1. The second kappa shape index (κ2) is 7.25. The lowest BCUT2D eigenvalue weighted by Gasteiger charge is -2.38. The van der Waals surface area contributed by atoms with Crippen LogP contribution in [0.1, 0.15) is 17.5 Å². The van der Waals surface area contributed by atoms with Crippen molar-refractivity contribution >= 4 is 21.9 Å². The van der Waals surface area contributed by atoms with E-state index in [0.29, 0.717) is 6.42 Å². The topological polar surface area (TPSA) is 97.8 Å². The van der Waals surface area contributed by atoms with Gasteiger partial charge in [0, 0.05) is 38.1 Å². The SMILES string of the molecule is Cc1ccc(S(=O)(=O)N2CCN(C(=O)[C@@H]3[C@@H](C(=O)[O-])[C@H]4C=C[C@@H]3C4)CC2)cc1C. The molecule has 1 aliphatic heterocycles. The largest absolute Gasteiger partial charge is 0.550 e. The fraction of sp³-hybridized carbons (Fsp3) is 0.524. The predicted molar refractivity (Wildman–Crippen MR) is 104 cm³/mol. The van der Waals surface area contributed by atoms with E-state index in [1.807, 2.05) is 26.0 Å². The van der Waals surface area contributed by atoms with Crippen molar-refractivity contribution in [3.63, 3.8) is 0 Å². The number of sulfonamides is 1. The summed E-state index contributed by atoms with van der Waals surface area (Å²) in [7, 11) is -3.62. The van der Waals surface area contributed by atoms with Gasteiger partial charge in [-0.2, -0.15) is 4.31 Å². The third-order valence-electron chi connectivity index (χ3n) is 6.68. The number of nitrogens with zero attached hydrogens (tertiary/aromatic N) is 2. The molecule has 0 radical (unpaired) electrons. The maximum atomic E-state index is 13.0. The Labute approximate surface area is 171 Å². The molecule has 1 aromatic rings. The molecule has 2 aliphatic carbocycles. The Balaban J connectivity index is 1.45. The van der Waals surface area contributed by atoms with Crippen LogP contribution in [0.3, 0.4) is 0 Å². The van der Waals surface area contributed by atoms with E-state index in [2.05, 4.69) is 0 Å². The summed E-state index contributed by atoms with van der Waals surface area (Å²) in [5, 5.41) is 11.6. The van der Waals surface area contributed by atoms with Crippen molar-refractivity contribution in [3.8, 4) is 0 Å². The van der Waals surface area contributed by atoms with E-state index in [-0.39, 0.29) is 48.8 Å². The van der Waals surface area contributed by atoms with Crippen LogP contribution < -0.4 is 5.11 Å². The third-order valence-corrected chi connectivity index (χ3v) is 8.58. The molecule has 156 valence electrons. The first kappa shape index (κ1) is 20.1. The van der Waals surface area contributed by atoms with Crippen molar-refractivity contribution in [2.24, 2.45) is 23.7 Å². The van der Waals surface area contributed by atoms with Crippen molar-refractivity contribution in [1.82, 2.24) is 9.21 Å². The molecule has 8 heteroatoms. The van der Waals surface area contributed by atoms with Gasteiger partial charge in [0.2, 0.25) is 15.9 Å². The van der Waals surface area contributed by atoms with Crippen LogP contribution in [0.5, 0.6) is 0 Å². The van der Waals surface area contributed by atoms with Gasteiger partial charge in [0.25, 0.3) is 0 Å². The number of hydrogen-bond donors (Lipinski definition) is 0. The average molecular weight is 418 g/mol. The number of allylic oxidation sites excluding steroid dienone is 2. The zero-order valence-corrected chi connectivity index (χ0v) is 17.4. The summed E-state index contributed by atoms with van der Waals surface area (Å²) in [5.74, 6) is -2.94. The maximum Gasteiger partial charge on any atom is 0.243 e. The van der Waals surface area contributed by atoms with Gasteiger partial charge in [-0.05, 0) is 55.4 Å². The number of carbonyl (C=O) groups is 2. The Kier molecular flexibility index (Phi) is 5.02. The van der Waals surface area contributed by atoms with Crippen LogP contribution in [0.25, 0.3) is 0 Å². The first-order chi connectivity index (χ1) is 13.7. The highest BCUT2D eigenvalue weighted by molar-refractivity contribution is 7.89. The molecule has 4 rings (SSSR count). The van der Waals surface area contributed by atoms with Gasteiger partial charge in [-0.1, -0.05) is 18.2 Å². The normalized spacial score (nSPS) is 29.4. The maximum absolute atomic E-state index is 13.0. The van der Waals surface area contributed by atoms with Gasteiger partial charge >= 0.3 is 0 Å². The van der Waals surface area contributed by atoms with Crippen LogP contribution in [-0.2, 0) is 19.6 Å². The van der Waals surface area contributed by atoms with E-state index in [0.717, 1.165) is 11.1 Å². The van der Waals surface area contributed by atoms with E-state index >= 15 is 0 Å². The van der Waals surface area contributed by atoms with Crippen LogP contribution in [0.2, 0.25) is 0 Å². The highest BCUT2D eigenvalue weighted by Crippen LogP contribution is 2.48. The number of benzene rings is 1. The smallest absolute Gasteiger partial charge is 0.243 e. The summed E-state index contributed by atoms with van der Waals surface area (Å²) in [4.78, 5) is 26.5. The lowest BCUT2D eigenvalue weighted by atomic mass is 9.82. The number of amides is 1. The van der Waals surface area contributed by atoms with Crippen LogP contribution in [0, 0.1) is 37.5 Å². The number of rotatable bonds is 4. The van der Waals surface area contributed by atoms with Gasteiger partial charge in [-0.25, -0.2) is 8.42 Å². The van der Waals surface area contributed by atoms with Gasteiger partial charge in [0.15, 0.2) is 0 Å². The van der Waals surface area contributed by atoms with Crippen molar-refractivity contribution in [2.45, 2.75) is 25.2 Å². The molecule has 1 amide bonds. The Morgan fingerprint density at radius 3 is 2.17 bits per heavy atom. The molecule has 1 saturated heterocycles. The van der Waals surface area contributed by atoms with Crippen LogP contribution >= 0.6 is 0 Å². The first-order valence-corrected chi connectivity index (χ1v) is 11.4. The molecule has 2 bridgehead atoms. The van der Waals surface area contributed by atoms with Crippen molar-refractivity contribution in [2.75, 3.05) is 26.2 Å².